The van der Waals surface area contributed by atoms with Crippen molar-refractivity contribution in [3.8, 4) is 11.5 Å². The fraction of sp³-hybridized carbons (Fsp3) is 0.190. The van der Waals surface area contributed by atoms with Gasteiger partial charge in [0.25, 0.3) is 0 Å². The molecule has 4 aromatic rings. The van der Waals surface area contributed by atoms with Gasteiger partial charge in [-0.2, -0.15) is 4.40 Å². The Kier molecular flexibility index (Phi) is 6.04. The van der Waals surface area contributed by atoms with Gasteiger partial charge in [0.1, 0.15) is 36.1 Å². The summed E-state index contributed by atoms with van der Waals surface area (Å²) in [4.78, 5) is 1.23. The molecular formula is C21H21ClN2O2S. The number of rotatable bonds is 6. The molecule has 2 aromatic heterocycles. The van der Waals surface area contributed by atoms with E-state index in [0.717, 1.165) is 24.5 Å². The molecule has 0 aliphatic rings. The molecule has 0 N–H and O–H groups in total. The predicted octanol–water partition coefficient (Wildman–Crippen LogP) is 0.949. The van der Waals surface area contributed by atoms with Crippen molar-refractivity contribution in [2.45, 2.75) is 13.0 Å². The number of halogens is 1. The molecule has 0 spiro atoms. The molecule has 0 atom stereocenters. The number of aromatic nitrogens is 2. The highest BCUT2D eigenvalue weighted by atomic mass is 35.5. The Morgan fingerprint density at radius 1 is 0.963 bits per heavy atom. The van der Waals surface area contributed by atoms with Gasteiger partial charge in [0.15, 0.2) is 0 Å². The second-order valence-electron chi connectivity index (χ2n) is 6.19. The highest BCUT2D eigenvalue weighted by Crippen LogP contribution is 2.25. The monoisotopic (exact) mass is 400 g/mol. The van der Waals surface area contributed by atoms with Crippen molar-refractivity contribution in [1.82, 2.24) is 4.40 Å². The molecule has 2 aromatic carbocycles. The molecule has 0 amide bonds. The number of methoxy groups -OCH3 is 2. The SMILES string of the molecule is COc1cc(Cc2csc3n2cc[n+]3Cc2ccccc2)cc(OC)c1.[Cl-]. The molecule has 6 heteroatoms. The highest BCUT2D eigenvalue weighted by Gasteiger charge is 2.17. The molecule has 0 aliphatic heterocycles. The van der Waals surface area contributed by atoms with E-state index in [1.54, 1.807) is 25.6 Å². The zero-order valence-corrected chi connectivity index (χ0v) is 16.8. The molecule has 0 unspecified atom stereocenters. The molecule has 4 nitrogen and oxygen atoms in total. The van der Waals surface area contributed by atoms with Crippen LogP contribution >= 0.6 is 11.3 Å². The van der Waals surface area contributed by atoms with E-state index in [-0.39, 0.29) is 12.4 Å². The third-order valence-corrected chi connectivity index (χ3v) is 5.48. The van der Waals surface area contributed by atoms with Gasteiger partial charge in [-0.3, -0.25) is 0 Å². The minimum absolute atomic E-state index is 0. The summed E-state index contributed by atoms with van der Waals surface area (Å²) in [5.74, 6) is 1.63. The molecule has 2 heterocycles. The Hall–Kier alpha value is -2.50. The normalized spacial score (nSPS) is 10.6. The van der Waals surface area contributed by atoms with E-state index in [2.05, 4.69) is 69.2 Å². The van der Waals surface area contributed by atoms with Gasteiger partial charge in [-0.1, -0.05) is 41.7 Å². The van der Waals surface area contributed by atoms with Crippen molar-refractivity contribution in [2.24, 2.45) is 0 Å². The number of hydrogen-bond donors (Lipinski definition) is 0. The third-order valence-electron chi connectivity index (χ3n) is 4.45. The first-order chi connectivity index (χ1) is 12.8. The zero-order chi connectivity index (χ0) is 17.9. The van der Waals surface area contributed by atoms with Gasteiger partial charge in [0.05, 0.1) is 14.2 Å². The first-order valence-corrected chi connectivity index (χ1v) is 9.37. The third kappa shape index (κ3) is 4.10. The maximum atomic E-state index is 5.39. The Morgan fingerprint density at radius 3 is 2.33 bits per heavy atom. The van der Waals surface area contributed by atoms with Crippen LogP contribution in [0.15, 0.2) is 66.3 Å². The Labute approximate surface area is 169 Å². The van der Waals surface area contributed by atoms with Crippen molar-refractivity contribution in [3.63, 3.8) is 0 Å². The predicted molar refractivity (Wildman–Crippen MR) is 103 cm³/mol. The van der Waals surface area contributed by atoms with Crippen molar-refractivity contribution >= 4 is 16.3 Å². The van der Waals surface area contributed by atoms with Crippen LogP contribution in [0.4, 0.5) is 0 Å². The van der Waals surface area contributed by atoms with Crippen molar-refractivity contribution in [3.05, 3.63) is 83.1 Å². The summed E-state index contributed by atoms with van der Waals surface area (Å²) in [6.07, 6.45) is 5.11. The van der Waals surface area contributed by atoms with Gasteiger partial charge in [-0.05, 0) is 23.3 Å². The van der Waals surface area contributed by atoms with Crippen LogP contribution < -0.4 is 26.4 Å². The van der Waals surface area contributed by atoms with Gasteiger partial charge in [-0.15, -0.1) is 0 Å². The van der Waals surface area contributed by atoms with Gasteiger partial charge in [0, 0.05) is 17.9 Å². The quantitative estimate of drug-likeness (QED) is 0.450. The fourth-order valence-corrected chi connectivity index (χ4v) is 4.13. The fourth-order valence-electron chi connectivity index (χ4n) is 3.14. The number of thiazole rings is 1. The molecule has 0 bridgehead atoms. The minimum Gasteiger partial charge on any atom is -1.00 e. The Morgan fingerprint density at radius 2 is 1.67 bits per heavy atom. The largest absolute Gasteiger partial charge is 1.00 e. The maximum absolute atomic E-state index is 5.39. The van der Waals surface area contributed by atoms with Crippen LogP contribution in [0.1, 0.15) is 16.8 Å². The van der Waals surface area contributed by atoms with Crippen LogP contribution in [0.25, 0.3) is 4.96 Å². The average molecular weight is 401 g/mol. The molecule has 140 valence electrons. The van der Waals surface area contributed by atoms with E-state index in [1.807, 2.05) is 6.07 Å². The van der Waals surface area contributed by atoms with Gasteiger partial charge in [-0.25, -0.2) is 4.57 Å². The molecule has 4 rings (SSSR count). The molecule has 0 saturated carbocycles. The summed E-state index contributed by atoms with van der Waals surface area (Å²) in [5, 5.41) is 2.22. The summed E-state index contributed by atoms with van der Waals surface area (Å²) in [6.45, 7) is 0.879. The van der Waals surface area contributed by atoms with Crippen LogP contribution in [0.3, 0.4) is 0 Å². The number of ether oxygens (including phenoxy) is 2. The Bertz CT molecular complexity index is 1010. The maximum Gasteiger partial charge on any atom is 0.346 e. The van der Waals surface area contributed by atoms with Crippen LogP contribution in [0.2, 0.25) is 0 Å². The van der Waals surface area contributed by atoms with Crippen molar-refractivity contribution in [2.75, 3.05) is 14.2 Å². The topological polar surface area (TPSA) is 26.8 Å². The van der Waals surface area contributed by atoms with E-state index in [1.165, 1.54) is 21.8 Å². The lowest BCUT2D eigenvalue weighted by molar-refractivity contribution is -0.659. The lowest BCUT2D eigenvalue weighted by Gasteiger charge is -2.07. The zero-order valence-electron chi connectivity index (χ0n) is 15.3. The highest BCUT2D eigenvalue weighted by molar-refractivity contribution is 7.14. The molecule has 0 saturated heterocycles. The minimum atomic E-state index is 0. The number of imidazole rings is 1. The molecule has 0 radical (unpaired) electrons. The van der Waals surface area contributed by atoms with Crippen LogP contribution in [0.5, 0.6) is 11.5 Å². The molecule has 0 aliphatic carbocycles. The first kappa shape index (κ1) is 19.3. The van der Waals surface area contributed by atoms with Gasteiger partial charge < -0.3 is 21.9 Å². The first-order valence-electron chi connectivity index (χ1n) is 8.49. The Balaban J connectivity index is 0.00000210. The number of nitrogens with zero attached hydrogens (tertiary/aromatic N) is 2. The lowest BCUT2D eigenvalue weighted by Crippen LogP contribution is -3.00. The summed E-state index contributed by atoms with van der Waals surface area (Å²) < 4.78 is 15.3. The second-order valence-corrected chi connectivity index (χ2v) is 7.03. The standard InChI is InChI=1S/C21H21N2O2S.ClH/c1-24-19-11-17(12-20(13-19)25-2)10-18-15-26-21-22(8-9-23(18)21)14-16-6-4-3-5-7-16;/h3-9,11-13,15H,10,14H2,1-2H3;1H/q+1;/p-1. The van der Waals surface area contributed by atoms with E-state index in [0.29, 0.717) is 0 Å². The van der Waals surface area contributed by atoms with E-state index in [9.17, 15) is 0 Å². The molecule has 0 fully saturated rings. The number of fused-ring (bicyclic) bond motifs is 1. The van der Waals surface area contributed by atoms with E-state index in [4.69, 9.17) is 9.47 Å². The summed E-state index contributed by atoms with van der Waals surface area (Å²) in [5.41, 5.74) is 3.73. The molecule has 27 heavy (non-hydrogen) atoms. The van der Waals surface area contributed by atoms with E-state index < -0.39 is 0 Å². The van der Waals surface area contributed by atoms with Crippen LogP contribution in [0, 0.1) is 0 Å². The van der Waals surface area contributed by atoms with Crippen LogP contribution in [-0.4, -0.2) is 18.6 Å². The van der Waals surface area contributed by atoms with Crippen LogP contribution in [-0.2, 0) is 13.0 Å². The van der Waals surface area contributed by atoms with Crippen molar-refractivity contribution < 1.29 is 26.4 Å². The number of hydrogen-bond acceptors (Lipinski definition) is 3. The lowest BCUT2D eigenvalue weighted by atomic mass is 10.1. The van der Waals surface area contributed by atoms with Gasteiger partial charge in [0.2, 0.25) is 0 Å². The summed E-state index contributed by atoms with van der Waals surface area (Å²) in [7, 11) is 3.36. The summed E-state index contributed by atoms with van der Waals surface area (Å²) >= 11 is 1.77. The smallest absolute Gasteiger partial charge is 0.346 e. The summed E-state index contributed by atoms with van der Waals surface area (Å²) in [6, 6.07) is 16.6. The van der Waals surface area contributed by atoms with E-state index >= 15 is 0 Å². The number of benzene rings is 2. The molecular weight excluding hydrogens is 380 g/mol. The van der Waals surface area contributed by atoms with Gasteiger partial charge >= 0.3 is 4.96 Å². The average Bonchev–Trinajstić information content (AvgIpc) is 3.26. The van der Waals surface area contributed by atoms with Crippen molar-refractivity contribution in [1.29, 1.82) is 0 Å². The second kappa shape index (κ2) is 8.46.